The summed E-state index contributed by atoms with van der Waals surface area (Å²) in [5.41, 5.74) is 9.14. The lowest BCUT2D eigenvalue weighted by Crippen LogP contribution is -2.04. The fourth-order valence-corrected chi connectivity index (χ4v) is 2.25. The lowest BCUT2D eigenvalue weighted by atomic mass is 10.1. The van der Waals surface area contributed by atoms with E-state index in [1.165, 1.54) is 6.33 Å². The first-order valence-electron chi connectivity index (χ1n) is 6.85. The maximum Gasteiger partial charge on any atom is 0.227 e. The summed E-state index contributed by atoms with van der Waals surface area (Å²) < 4.78 is 5.96. The smallest absolute Gasteiger partial charge is 0.227 e. The summed E-state index contributed by atoms with van der Waals surface area (Å²) in [6.07, 6.45) is 3.09. The summed E-state index contributed by atoms with van der Waals surface area (Å²) in [4.78, 5) is 8.22. The van der Waals surface area contributed by atoms with Crippen LogP contribution in [0, 0.1) is 25.2 Å². The Morgan fingerprint density at radius 2 is 1.90 bits per heavy atom. The highest BCUT2D eigenvalue weighted by Crippen LogP contribution is 2.32. The third-order valence-corrected chi connectivity index (χ3v) is 3.23. The minimum absolute atomic E-state index is 0.450. The highest BCUT2D eigenvalue weighted by Gasteiger charge is 2.14. The molecule has 0 unspecified atom stereocenters. The zero-order valence-electron chi connectivity index (χ0n) is 12.5. The molecule has 0 spiro atoms. The molecule has 5 heteroatoms. The largest absolute Gasteiger partial charge is 0.438 e. The van der Waals surface area contributed by atoms with Gasteiger partial charge < -0.3 is 10.5 Å². The molecule has 2 aromatic rings. The second-order valence-electron chi connectivity index (χ2n) is 4.95. The van der Waals surface area contributed by atoms with Crippen molar-refractivity contribution in [3.05, 3.63) is 40.7 Å². The van der Waals surface area contributed by atoms with Gasteiger partial charge in [-0.25, -0.2) is 9.97 Å². The number of nitrogens with two attached hydrogens (primary N) is 1. The molecule has 1 heterocycles. The van der Waals surface area contributed by atoms with Gasteiger partial charge in [-0.05, 0) is 43.5 Å². The number of ether oxygens (including phenoxy) is 1. The van der Waals surface area contributed by atoms with E-state index >= 15 is 0 Å². The molecule has 0 radical (unpaired) electrons. The van der Waals surface area contributed by atoms with Gasteiger partial charge in [0, 0.05) is 0 Å². The van der Waals surface area contributed by atoms with Crippen molar-refractivity contribution in [2.45, 2.75) is 33.6 Å². The summed E-state index contributed by atoms with van der Waals surface area (Å²) in [6.45, 7) is 5.88. The average Bonchev–Trinajstić information content (AvgIpc) is 2.46. The Hall–Kier alpha value is -2.61. The third kappa shape index (κ3) is 3.11. The van der Waals surface area contributed by atoms with Crippen LogP contribution in [0.5, 0.6) is 11.6 Å². The normalized spacial score (nSPS) is 10.2. The molecule has 2 rings (SSSR count). The first-order chi connectivity index (χ1) is 10.1. The lowest BCUT2D eigenvalue weighted by Gasteiger charge is -2.14. The van der Waals surface area contributed by atoms with Gasteiger partial charge in [0.05, 0.1) is 17.2 Å². The van der Waals surface area contributed by atoms with E-state index in [-0.39, 0.29) is 0 Å². The van der Waals surface area contributed by atoms with Crippen LogP contribution in [0.15, 0.2) is 18.5 Å². The fraction of sp³-hybridized carbons (Fsp3) is 0.312. The molecule has 0 saturated carbocycles. The molecular weight excluding hydrogens is 264 g/mol. The molecule has 1 aromatic heterocycles. The second-order valence-corrected chi connectivity index (χ2v) is 4.95. The Kier molecular flexibility index (Phi) is 4.39. The minimum Gasteiger partial charge on any atom is -0.438 e. The number of hydrogen-bond acceptors (Lipinski definition) is 5. The standard InChI is InChI=1S/C16H18N4O/c1-4-5-13-15(18)19-9-20-16(13)21-14-10(2)6-12(8-17)7-11(14)3/h6-7,9H,4-5H2,1-3H3,(H2,18,19,20). The quantitative estimate of drug-likeness (QED) is 0.930. The van der Waals surface area contributed by atoms with Crippen LogP contribution in [0.4, 0.5) is 5.82 Å². The molecular formula is C16H18N4O. The summed E-state index contributed by atoms with van der Waals surface area (Å²) in [5, 5.41) is 8.99. The van der Waals surface area contributed by atoms with Gasteiger partial charge in [0.15, 0.2) is 0 Å². The predicted molar refractivity (Wildman–Crippen MR) is 81.1 cm³/mol. The minimum atomic E-state index is 0.450. The van der Waals surface area contributed by atoms with Gasteiger partial charge in [-0.1, -0.05) is 13.3 Å². The van der Waals surface area contributed by atoms with Crippen LogP contribution in [0.2, 0.25) is 0 Å². The van der Waals surface area contributed by atoms with Crippen molar-refractivity contribution in [2.75, 3.05) is 5.73 Å². The number of aryl methyl sites for hydroxylation is 2. The van der Waals surface area contributed by atoms with Gasteiger partial charge in [0.1, 0.15) is 17.9 Å². The highest BCUT2D eigenvalue weighted by atomic mass is 16.5. The van der Waals surface area contributed by atoms with Crippen molar-refractivity contribution in [2.24, 2.45) is 0 Å². The number of rotatable bonds is 4. The Bertz CT molecular complexity index is 681. The van der Waals surface area contributed by atoms with Crippen molar-refractivity contribution in [3.8, 4) is 17.7 Å². The van der Waals surface area contributed by atoms with E-state index in [9.17, 15) is 0 Å². The number of nitrogens with zero attached hydrogens (tertiary/aromatic N) is 3. The number of hydrogen-bond donors (Lipinski definition) is 1. The summed E-state index contributed by atoms with van der Waals surface area (Å²) >= 11 is 0. The monoisotopic (exact) mass is 282 g/mol. The zero-order valence-corrected chi connectivity index (χ0v) is 12.5. The van der Waals surface area contributed by atoms with Crippen LogP contribution in [0.1, 0.15) is 35.6 Å². The molecule has 0 saturated heterocycles. The molecule has 2 N–H and O–H groups in total. The number of benzene rings is 1. The summed E-state index contributed by atoms with van der Waals surface area (Å²) in [5.74, 6) is 1.65. The lowest BCUT2D eigenvalue weighted by molar-refractivity contribution is 0.448. The van der Waals surface area contributed by atoms with Gasteiger partial charge in [0.2, 0.25) is 5.88 Å². The van der Waals surface area contributed by atoms with E-state index in [4.69, 9.17) is 15.7 Å². The van der Waals surface area contributed by atoms with Gasteiger partial charge in [-0.15, -0.1) is 0 Å². The average molecular weight is 282 g/mol. The predicted octanol–water partition coefficient (Wildman–Crippen LogP) is 3.29. The van der Waals surface area contributed by atoms with Gasteiger partial charge >= 0.3 is 0 Å². The first kappa shape index (κ1) is 14.8. The van der Waals surface area contributed by atoms with E-state index in [1.54, 1.807) is 12.1 Å². The molecule has 0 amide bonds. The van der Waals surface area contributed by atoms with Gasteiger partial charge in [-0.2, -0.15) is 5.26 Å². The van der Waals surface area contributed by atoms with Crippen molar-refractivity contribution in [1.82, 2.24) is 9.97 Å². The molecule has 0 aliphatic carbocycles. The number of anilines is 1. The van der Waals surface area contributed by atoms with E-state index in [0.717, 1.165) is 29.5 Å². The second kappa shape index (κ2) is 6.23. The van der Waals surface area contributed by atoms with Crippen LogP contribution >= 0.6 is 0 Å². The van der Waals surface area contributed by atoms with E-state index in [0.29, 0.717) is 23.0 Å². The Balaban J connectivity index is 2.44. The molecule has 0 fully saturated rings. The SMILES string of the molecule is CCCc1c(N)ncnc1Oc1c(C)cc(C#N)cc1C. The fourth-order valence-electron chi connectivity index (χ4n) is 2.25. The first-order valence-corrected chi connectivity index (χ1v) is 6.85. The van der Waals surface area contributed by atoms with Crippen LogP contribution in [-0.4, -0.2) is 9.97 Å². The van der Waals surface area contributed by atoms with Crippen molar-refractivity contribution < 1.29 is 4.74 Å². The Labute approximate surface area is 124 Å². The number of nitriles is 1. The molecule has 0 atom stereocenters. The molecule has 5 nitrogen and oxygen atoms in total. The van der Waals surface area contributed by atoms with Gasteiger partial charge in [-0.3, -0.25) is 0 Å². The molecule has 0 aliphatic rings. The van der Waals surface area contributed by atoms with Crippen molar-refractivity contribution in [1.29, 1.82) is 5.26 Å². The third-order valence-electron chi connectivity index (χ3n) is 3.23. The summed E-state index contributed by atoms with van der Waals surface area (Å²) in [7, 11) is 0. The summed E-state index contributed by atoms with van der Waals surface area (Å²) in [6, 6.07) is 5.74. The molecule has 0 bridgehead atoms. The molecule has 0 aliphatic heterocycles. The molecule has 1 aromatic carbocycles. The Morgan fingerprint density at radius 3 is 2.48 bits per heavy atom. The van der Waals surface area contributed by atoms with Crippen LogP contribution in [0.25, 0.3) is 0 Å². The maximum absolute atomic E-state index is 8.99. The highest BCUT2D eigenvalue weighted by molar-refractivity contribution is 5.51. The molecule has 21 heavy (non-hydrogen) atoms. The van der Waals surface area contributed by atoms with E-state index in [2.05, 4.69) is 23.0 Å². The zero-order chi connectivity index (χ0) is 15.4. The van der Waals surface area contributed by atoms with Crippen LogP contribution in [-0.2, 0) is 6.42 Å². The van der Waals surface area contributed by atoms with Crippen LogP contribution in [0.3, 0.4) is 0 Å². The van der Waals surface area contributed by atoms with Crippen molar-refractivity contribution in [3.63, 3.8) is 0 Å². The number of aromatic nitrogens is 2. The van der Waals surface area contributed by atoms with Crippen LogP contribution < -0.4 is 10.5 Å². The van der Waals surface area contributed by atoms with Gasteiger partial charge in [0.25, 0.3) is 0 Å². The van der Waals surface area contributed by atoms with Crippen molar-refractivity contribution >= 4 is 5.82 Å². The maximum atomic E-state index is 8.99. The Morgan fingerprint density at radius 1 is 1.24 bits per heavy atom. The van der Waals surface area contributed by atoms with E-state index in [1.807, 2.05) is 13.8 Å². The number of nitrogen functional groups attached to an aromatic ring is 1. The van der Waals surface area contributed by atoms with E-state index < -0.39 is 0 Å². The molecule has 108 valence electrons. The topological polar surface area (TPSA) is 84.8 Å².